The van der Waals surface area contributed by atoms with Gasteiger partial charge >= 0.3 is 0 Å². The summed E-state index contributed by atoms with van der Waals surface area (Å²) in [5.74, 6) is 0. The number of carbonyl (C=O) groups excluding carboxylic acids is 2. The molecule has 0 saturated heterocycles. The van der Waals surface area contributed by atoms with Gasteiger partial charge in [-0.05, 0) is 205 Å². The van der Waals surface area contributed by atoms with E-state index in [4.69, 9.17) is 0 Å². The summed E-state index contributed by atoms with van der Waals surface area (Å²) in [6.45, 7) is 30.5. The smallest absolute Gasteiger partial charge is 0.162 e. The van der Waals surface area contributed by atoms with Gasteiger partial charge in [-0.2, -0.15) is 0 Å². The monoisotopic (exact) mass is 766 g/mol. The molecule has 44 heavy (non-hydrogen) atoms. The summed E-state index contributed by atoms with van der Waals surface area (Å²) in [4.78, 5) is 26.2. The van der Waals surface area contributed by atoms with Crippen LogP contribution in [0.1, 0.15) is 107 Å². The van der Waals surface area contributed by atoms with Crippen molar-refractivity contribution in [2.24, 2.45) is 0 Å². The molecule has 5 heteroatoms. The predicted octanol–water partition coefficient (Wildman–Crippen LogP) is 10.4. The maximum absolute atomic E-state index is 13.9. The largest absolute Gasteiger partial charge is 0.536 e. The first kappa shape index (κ1) is 47.9. The van der Waals surface area contributed by atoms with E-state index in [1.54, 1.807) is 0 Å². The van der Waals surface area contributed by atoms with E-state index in [1.807, 2.05) is 41.5 Å². The maximum Gasteiger partial charge on any atom is 0.162 e. The van der Waals surface area contributed by atoms with E-state index in [0.29, 0.717) is 5.56 Å². The Labute approximate surface area is 322 Å². The Hall–Kier alpha value is -0.492. The minimum Gasteiger partial charge on any atom is -0.536 e. The van der Waals surface area contributed by atoms with Crippen molar-refractivity contribution in [1.82, 2.24) is 0 Å². The van der Waals surface area contributed by atoms with Gasteiger partial charge in [0.15, 0.2) is 5.52 Å². The molecule has 0 saturated carbocycles. The second-order valence-corrected chi connectivity index (χ2v) is 14.6. The molecular weight excluding hydrogens is 709 g/mol. The molecule has 0 aliphatic heterocycles. The van der Waals surface area contributed by atoms with Gasteiger partial charge in [0.05, 0.1) is 0 Å². The summed E-state index contributed by atoms with van der Waals surface area (Å²) >= 11 is 0. The molecule has 1 unspecified atom stereocenters. The number of hydrogen-bond donors (Lipinski definition) is 0. The first-order valence-electron chi connectivity index (χ1n) is 14.1. The van der Waals surface area contributed by atoms with E-state index in [9.17, 15) is 9.59 Å². The van der Waals surface area contributed by atoms with Gasteiger partial charge in [0, 0.05) is 71.0 Å². The summed E-state index contributed by atoms with van der Waals surface area (Å²) in [5, 5.41) is 0.808. The van der Waals surface area contributed by atoms with Crippen LogP contribution in [0.4, 0.5) is 0 Å². The quantitative estimate of drug-likeness (QED) is 0.196. The van der Waals surface area contributed by atoms with E-state index in [2.05, 4.69) is 81.6 Å². The van der Waals surface area contributed by atoms with Crippen LogP contribution in [-0.4, -0.2) is 17.9 Å². The van der Waals surface area contributed by atoms with Gasteiger partial charge in [-0.15, -0.1) is 13.2 Å². The average Bonchev–Trinajstić information content (AvgIpc) is 2.93. The minimum absolute atomic E-state index is 0. The van der Waals surface area contributed by atoms with Gasteiger partial charge in [-0.3, -0.25) is 4.79 Å². The van der Waals surface area contributed by atoms with E-state index in [0.717, 1.165) is 49.8 Å². The fraction of sp³-hybridized carbons (Fsp3) is 0.436. The molecule has 0 fully saturated rings. The van der Waals surface area contributed by atoms with Crippen LogP contribution in [-0.2, 0) is 70.2 Å². The summed E-state index contributed by atoms with van der Waals surface area (Å²) in [7, 11) is 0. The molecule has 3 rings (SSSR count). The predicted molar refractivity (Wildman–Crippen MR) is 192 cm³/mol. The number of hydrogen-bond acceptors (Lipinski definition) is 2. The van der Waals surface area contributed by atoms with Crippen molar-refractivity contribution in [2.45, 2.75) is 118 Å². The molecule has 0 aromatic heterocycles. The van der Waals surface area contributed by atoms with Crippen molar-refractivity contribution in [3.63, 3.8) is 0 Å². The molecule has 3 aromatic rings. The van der Waals surface area contributed by atoms with Crippen LogP contribution in [0, 0.1) is 118 Å². The van der Waals surface area contributed by atoms with Crippen molar-refractivity contribution in [3.05, 3.63) is 102 Å². The van der Waals surface area contributed by atoms with Gasteiger partial charge in [-0.25, -0.2) is 6.03 Å². The van der Waals surface area contributed by atoms with Crippen molar-refractivity contribution in [1.29, 1.82) is 0 Å². The molecule has 3 aromatic carbocycles. The van der Waals surface area contributed by atoms with Crippen LogP contribution in [0.15, 0.2) is 0 Å². The van der Waals surface area contributed by atoms with Crippen molar-refractivity contribution in [2.75, 3.05) is 0 Å². The molecule has 0 aliphatic carbocycles. The molecule has 0 heterocycles. The van der Waals surface area contributed by atoms with Gasteiger partial charge in [-0.1, -0.05) is 7.43 Å². The molecule has 2 nitrogen and oxygen atoms in total. The zero-order chi connectivity index (χ0) is 31.2. The second-order valence-electron chi connectivity index (χ2n) is 11.9. The van der Waals surface area contributed by atoms with E-state index in [-0.39, 0.29) is 85.8 Å². The Kier molecular flexibility index (Phi) is 19.8. The molecular formula is C39H57O2PY2-2. The third-order valence-electron chi connectivity index (χ3n) is 10.4. The molecule has 0 spiro atoms. The van der Waals surface area contributed by atoms with Crippen LogP contribution in [0.5, 0.6) is 0 Å². The zero-order valence-electron chi connectivity index (χ0n) is 30.1. The molecule has 1 atom stereocenters. The maximum atomic E-state index is 13.9. The Balaban J connectivity index is -0.000000897. The molecule has 0 N–H and O–H groups in total. The number of carbonyl (C=O) groups is 1. The summed E-state index contributed by atoms with van der Waals surface area (Å²) in [6.07, 6.45) is 4.27. The van der Waals surface area contributed by atoms with Crippen LogP contribution in [0.2, 0.25) is 0 Å². The second kappa shape index (κ2) is 18.2. The third kappa shape index (κ3) is 8.31. The van der Waals surface area contributed by atoms with Crippen molar-refractivity contribution < 1.29 is 75.0 Å². The topological polar surface area (TPSA) is 34.1 Å². The van der Waals surface area contributed by atoms with Gasteiger partial charge < -0.3 is 12.2 Å². The fourth-order valence-electron chi connectivity index (χ4n) is 5.94. The van der Waals surface area contributed by atoms with Gasteiger partial charge in [0.25, 0.3) is 0 Å². The Morgan fingerprint density at radius 3 is 0.841 bits per heavy atom. The minimum atomic E-state index is -3.07. The number of rotatable bonds is 4. The van der Waals surface area contributed by atoms with Crippen LogP contribution >= 0.6 is 6.89 Å². The molecule has 0 amide bonds. The van der Waals surface area contributed by atoms with Crippen molar-refractivity contribution in [3.8, 4) is 0 Å². The average molecular weight is 767 g/mol. The van der Waals surface area contributed by atoms with Crippen LogP contribution in [0.3, 0.4) is 0 Å². The van der Waals surface area contributed by atoms with Crippen LogP contribution in [0.25, 0.3) is 0 Å². The fourth-order valence-corrected chi connectivity index (χ4v) is 8.52. The first-order valence-corrected chi connectivity index (χ1v) is 16.1. The zero-order valence-corrected chi connectivity index (χ0v) is 36.7. The van der Waals surface area contributed by atoms with E-state index < -0.39 is 6.89 Å². The van der Waals surface area contributed by atoms with Crippen LogP contribution < -0.4 is 5.30 Å². The molecule has 0 bridgehead atoms. The van der Waals surface area contributed by atoms with Crippen molar-refractivity contribution >= 4 is 30.0 Å². The molecule has 2 radical (unpaired) electrons. The standard InChI is InChI=1S/C25H32O2P.C12H18.CH4.CH3.2Y/c1-13-15(3)19(7)23(20(8)16(13)4)25(27)28(11,12-26)24-21(9)17(5)14(2)18(6)22(24)10;1-7-8(2)10(4)12(6)11(5)9(7)3;;;;/h11H2,1-10H3;1-6H3;1H4;1H3;;/q-1;;;-1;;. The molecule has 0 aliphatic rings. The van der Waals surface area contributed by atoms with Gasteiger partial charge in [0.2, 0.25) is 0 Å². The summed E-state index contributed by atoms with van der Waals surface area (Å²) in [6, 6.07) is 2.16. The Morgan fingerprint density at radius 1 is 0.455 bits per heavy atom. The summed E-state index contributed by atoms with van der Waals surface area (Å²) < 4.78 is 0. The molecule has 238 valence electrons. The normalized spacial score (nSPS) is 11.4. The van der Waals surface area contributed by atoms with E-state index >= 15 is 0 Å². The van der Waals surface area contributed by atoms with E-state index in [1.165, 1.54) is 44.5 Å². The number of benzene rings is 3. The third-order valence-corrected chi connectivity index (χ3v) is 13.1. The SMILES string of the molecule is C.C=P([C-]=O)(C(=O)c1c(C)c(C)c(C)c(C)c1C)c1c(C)c(C)c(C)c(C)c1C.Cc1c(C)c(C)c(C)c(C)c1C.[CH3-].[Y].[Y]. The Bertz CT molecular complexity index is 1450. The van der Waals surface area contributed by atoms with Gasteiger partial charge in [0.1, 0.15) is 0 Å². The Morgan fingerprint density at radius 2 is 0.636 bits per heavy atom. The first-order chi connectivity index (χ1) is 18.3. The summed E-state index contributed by atoms with van der Waals surface area (Å²) in [5.41, 5.74) is 20.0.